The number of hydrogen-bond donors (Lipinski definition) is 0. The molecule has 1 saturated heterocycles. The molecule has 1 aliphatic heterocycles. The van der Waals surface area contributed by atoms with Crippen LogP contribution in [0.25, 0.3) is 0 Å². The van der Waals surface area contributed by atoms with Gasteiger partial charge < -0.3 is 32.6 Å². The molecule has 1 fully saturated rings. The topological polar surface area (TPSA) is 124 Å². The van der Waals surface area contributed by atoms with Crippen molar-refractivity contribution in [1.29, 1.82) is 0 Å². The van der Waals surface area contributed by atoms with E-state index < -0.39 is 32.5 Å². The maximum absolute atomic E-state index is 12.7. The molecular formula is C47H82NO9P. The highest BCUT2D eigenvalue weighted by Crippen LogP contribution is 2.38. The van der Waals surface area contributed by atoms with Crippen molar-refractivity contribution in [2.24, 2.45) is 0 Å². The van der Waals surface area contributed by atoms with Gasteiger partial charge >= 0.3 is 11.9 Å². The van der Waals surface area contributed by atoms with Gasteiger partial charge in [0.15, 0.2) is 6.10 Å². The summed E-state index contributed by atoms with van der Waals surface area (Å²) in [6, 6.07) is 0. The maximum atomic E-state index is 12.7. The molecular weight excluding hydrogens is 753 g/mol. The van der Waals surface area contributed by atoms with Crippen molar-refractivity contribution in [1.82, 2.24) is 0 Å². The van der Waals surface area contributed by atoms with E-state index in [1.54, 1.807) is 0 Å². The number of phosphoric acid groups is 1. The van der Waals surface area contributed by atoms with Crippen LogP contribution in [0.1, 0.15) is 162 Å². The number of esters is 2. The van der Waals surface area contributed by atoms with Gasteiger partial charge in [-0.25, -0.2) is 0 Å². The van der Waals surface area contributed by atoms with Crippen LogP contribution in [0, 0.1) is 0 Å². The van der Waals surface area contributed by atoms with Crippen molar-refractivity contribution in [3.63, 3.8) is 0 Å². The number of carbonyl (C=O) groups excluding carboxylic acids is 2. The Morgan fingerprint density at radius 3 is 1.67 bits per heavy atom. The zero-order chi connectivity index (χ0) is 42.6. The number of quaternary nitrogens is 1. The van der Waals surface area contributed by atoms with Crippen LogP contribution in [0.4, 0.5) is 0 Å². The molecule has 0 aliphatic carbocycles. The molecule has 10 nitrogen and oxygen atoms in total. The maximum Gasteiger partial charge on any atom is 0.306 e. The van der Waals surface area contributed by atoms with E-state index in [-0.39, 0.29) is 26.1 Å². The molecule has 334 valence electrons. The van der Waals surface area contributed by atoms with Gasteiger partial charge in [-0.2, -0.15) is 0 Å². The van der Waals surface area contributed by atoms with Crippen LogP contribution in [0.3, 0.4) is 0 Å². The van der Waals surface area contributed by atoms with Crippen molar-refractivity contribution >= 4 is 19.8 Å². The van der Waals surface area contributed by atoms with Gasteiger partial charge in [-0.15, -0.1) is 0 Å². The van der Waals surface area contributed by atoms with Crippen molar-refractivity contribution < 1.29 is 46.8 Å². The lowest BCUT2D eigenvalue weighted by atomic mass is 10.0. The molecule has 0 radical (unpaired) electrons. The molecule has 0 aromatic carbocycles. The minimum absolute atomic E-state index is 0.0478. The summed E-state index contributed by atoms with van der Waals surface area (Å²) < 4.78 is 39.5. The van der Waals surface area contributed by atoms with Crippen molar-refractivity contribution in [2.75, 3.05) is 47.5 Å². The Morgan fingerprint density at radius 2 is 1.14 bits per heavy atom. The fourth-order valence-electron chi connectivity index (χ4n) is 6.07. The summed E-state index contributed by atoms with van der Waals surface area (Å²) >= 11 is 0. The van der Waals surface area contributed by atoms with E-state index in [0.29, 0.717) is 29.7 Å². The van der Waals surface area contributed by atoms with E-state index in [0.717, 1.165) is 57.8 Å². The number of rotatable bonds is 39. The van der Waals surface area contributed by atoms with Crippen LogP contribution in [-0.4, -0.2) is 82.2 Å². The third kappa shape index (κ3) is 35.6. The van der Waals surface area contributed by atoms with Crippen LogP contribution < -0.4 is 4.89 Å². The SMILES string of the molecule is CC/C=C\CC1OC1C/C=C\C/C=C\C/C=C\C/C=C\CCC(=O)O[C@H](COC(=O)CCCCCCCCCCCCCCCC)COP(=O)([O-])OCC[N+](C)(C)C. The summed E-state index contributed by atoms with van der Waals surface area (Å²) in [6.07, 6.45) is 44.4. The standard InChI is InChI=1S/C47H82NO9P/c1-6-8-10-11-12-13-14-15-16-20-23-26-29-33-37-46(49)53-41-43(42-55-58(51,52)54-40-39-48(3,4)5)56-47(50)38-34-30-27-24-21-18-17-19-22-25-28-32-36-45-44(57-45)35-31-9-7-2/h9,18-19,21-22,27-28,30-32,43-45H,6-8,10-17,20,23-26,29,33-42H2,1-5H3/b21-18-,22-19-,30-27-,31-9-,32-28-/t43-,44?,45?/m1/s1. The van der Waals surface area contributed by atoms with Gasteiger partial charge in [-0.05, 0) is 51.4 Å². The Balaban J connectivity index is 2.32. The number of carbonyl (C=O) groups is 2. The van der Waals surface area contributed by atoms with Gasteiger partial charge in [-0.1, -0.05) is 158 Å². The summed E-state index contributed by atoms with van der Waals surface area (Å²) in [6.45, 7) is 4.01. The molecule has 1 heterocycles. The predicted octanol–water partition coefficient (Wildman–Crippen LogP) is 11.2. The zero-order valence-corrected chi connectivity index (χ0v) is 38.1. The minimum Gasteiger partial charge on any atom is -0.756 e. The Hall–Kier alpha value is -2.33. The average Bonchev–Trinajstić information content (AvgIpc) is 3.93. The quantitative estimate of drug-likeness (QED) is 0.0149. The molecule has 11 heteroatoms. The summed E-state index contributed by atoms with van der Waals surface area (Å²) in [4.78, 5) is 37.5. The number of nitrogens with zero attached hydrogens (tertiary/aromatic N) is 1. The fraction of sp³-hybridized carbons (Fsp3) is 0.745. The Labute approximate surface area is 353 Å². The largest absolute Gasteiger partial charge is 0.756 e. The van der Waals surface area contributed by atoms with Crippen molar-refractivity contribution in [2.45, 2.75) is 180 Å². The molecule has 0 N–H and O–H groups in total. The van der Waals surface area contributed by atoms with Gasteiger partial charge in [0.2, 0.25) is 0 Å². The van der Waals surface area contributed by atoms with E-state index in [1.165, 1.54) is 70.6 Å². The van der Waals surface area contributed by atoms with Gasteiger partial charge in [0, 0.05) is 12.8 Å². The first-order valence-electron chi connectivity index (χ1n) is 22.6. The van der Waals surface area contributed by atoms with Gasteiger partial charge in [0.05, 0.1) is 40.0 Å². The summed E-state index contributed by atoms with van der Waals surface area (Å²) in [7, 11) is 1.11. The molecule has 4 atom stereocenters. The number of epoxide rings is 1. The summed E-state index contributed by atoms with van der Waals surface area (Å²) in [5, 5.41) is 0. The molecule has 58 heavy (non-hydrogen) atoms. The van der Waals surface area contributed by atoms with Crippen LogP contribution in [0.5, 0.6) is 0 Å². The van der Waals surface area contributed by atoms with Gasteiger partial charge in [-0.3, -0.25) is 14.2 Å². The monoisotopic (exact) mass is 836 g/mol. The second kappa shape index (κ2) is 35.4. The number of unbranched alkanes of at least 4 members (excludes halogenated alkanes) is 13. The average molecular weight is 836 g/mol. The molecule has 0 bridgehead atoms. The highest BCUT2D eigenvalue weighted by Gasteiger charge is 2.36. The number of hydrogen-bond acceptors (Lipinski definition) is 9. The molecule has 0 spiro atoms. The summed E-state index contributed by atoms with van der Waals surface area (Å²) in [5.74, 6) is -0.937. The molecule has 1 aliphatic rings. The molecule has 0 aromatic rings. The predicted molar refractivity (Wildman–Crippen MR) is 235 cm³/mol. The highest BCUT2D eigenvalue weighted by molar-refractivity contribution is 7.45. The smallest absolute Gasteiger partial charge is 0.306 e. The minimum atomic E-state index is -4.65. The van der Waals surface area contributed by atoms with E-state index in [1.807, 2.05) is 33.3 Å². The van der Waals surface area contributed by atoms with Crippen molar-refractivity contribution in [3.05, 3.63) is 60.8 Å². The third-order valence-electron chi connectivity index (χ3n) is 9.72. The number of likely N-dealkylation sites (N-methyl/N-ethyl adjacent to an activating group) is 1. The van der Waals surface area contributed by atoms with Crippen LogP contribution in [0.2, 0.25) is 0 Å². The van der Waals surface area contributed by atoms with Crippen LogP contribution in [0.15, 0.2) is 60.8 Å². The molecule has 1 rings (SSSR count). The van der Waals surface area contributed by atoms with E-state index >= 15 is 0 Å². The first-order chi connectivity index (χ1) is 28.0. The number of ether oxygens (including phenoxy) is 3. The second-order valence-corrected chi connectivity index (χ2v) is 17.8. The lowest BCUT2D eigenvalue weighted by Gasteiger charge is -2.28. The molecule has 0 amide bonds. The molecule has 3 unspecified atom stereocenters. The Kier molecular flexibility index (Phi) is 32.8. The third-order valence-corrected chi connectivity index (χ3v) is 10.7. The van der Waals surface area contributed by atoms with Crippen LogP contribution in [-0.2, 0) is 37.4 Å². The first-order valence-corrected chi connectivity index (χ1v) is 24.1. The number of allylic oxidation sites excluding steroid dienone is 8. The Morgan fingerprint density at radius 1 is 0.638 bits per heavy atom. The van der Waals surface area contributed by atoms with E-state index in [4.69, 9.17) is 23.3 Å². The zero-order valence-electron chi connectivity index (χ0n) is 37.2. The van der Waals surface area contributed by atoms with E-state index in [9.17, 15) is 19.0 Å². The van der Waals surface area contributed by atoms with Gasteiger partial charge in [0.1, 0.15) is 19.8 Å². The van der Waals surface area contributed by atoms with E-state index in [2.05, 4.69) is 62.5 Å². The lowest BCUT2D eigenvalue weighted by Crippen LogP contribution is -2.37. The number of phosphoric ester groups is 1. The van der Waals surface area contributed by atoms with Crippen LogP contribution >= 0.6 is 7.82 Å². The molecule has 0 saturated carbocycles. The highest BCUT2D eigenvalue weighted by atomic mass is 31.2. The lowest BCUT2D eigenvalue weighted by molar-refractivity contribution is -0.870. The first kappa shape index (κ1) is 53.7. The molecule has 0 aromatic heterocycles. The summed E-state index contributed by atoms with van der Waals surface area (Å²) in [5.41, 5.74) is 0. The van der Waals surface area contributed by atoms with Gasteiger partial charge in [0.25, 0.3) is 7.82 Å². The van der Waals surface area contributed by atoms with Crippen molar-refractivity contribution in [3.8, 4) is 0 Å². The fourth-order valence-corrected chi connectivity index (χ4v) is 6.80. The normalized spacial score (nSPS) is 17.6. The second-order valence-electron chi connectivity index (χ2n) is 16.4. The Bertz CT molecular complexity index is 1240.